The van der Waals surface area contributed by atoms with Gasteiger partial charge in [-0.1, -0.05) is 17.7 Å². The molecule has 0 radical (unpaired) electrons. The Morgan fingerprint density at radius 1 is 1.60 bits per heavy atom. The van der Waals surface area contributed by atoms with Gasteiger partial charge in [-0.3, -0.25) is 0 Å². The molecule has 0 amide bonds. The second kappa shape index (κ2) is 5.59. The van der Waals surface area contributed by atoms with Crippen LogP contribution in [0, 0.1) is 17.2 Å². The molecule has 0 aliphatic heterocycles. The molecule has 0 heterocycles. The summed E-state index contributed by atoms with van der Waals surface area (Å²) in [5.74, 6) is 0.0865. The van der Waals surface area contributed by atoms with Crippen molar-refractivity contribution in [2.24, 2.45) is 5.92 Å². The summed E-state index contributed by atoms with van der Waals surface area (Å²) in [6, 6.07) is 7.21. The van der Waals surface area contributed by atoms with Crippen LogP contribution in [0.15, 0.2) is 18.2 Å². The van der Waals surface area contributed by atoms with E-state index in [1.807, 2.05) is 6.92 Å². The minimum absolute atomic E-state index is 0.00223. The number of nitriles is 1. The lowest BCUT2D eigenvalue weighted by molar-refractivity contribution is 0.475. The smallest absolute Gasteiger partial charge is 0.134 e. The van der Waals surface area contributed by atoms with Gasteiger partial charge in [0.25, 0.3) is 0 Å². The number of benzene rings is 1. The van der Waals surface area contributed by atoms with E-state index in [1.165, 1.54) is 0 Å². The lowest BCUT2D eigenvalue weighted by Gasteiger charge is -2.06. The maximum atomic E-state index is 9.20. The number of hydrogen-bond acceptors (Lipinski definition) is 3. The molecule has 1 aromatic carbocycles. The quantitative estimate of drug-likeness (QED) is 0.825. The summed E-state index contributed by atoms with van der Waals surface area (Å²) in [4.78, 5) is 0. The Labute approximate surface area is 94.3 Å². The fourth-order valence-corrected chi connectivity index (χ4v) is 1.34. The van der Waals surface area contributed by atoms with Gasteiger partial charge in [0, 0.05) is 13.1 Å². The van der Waals surface area contributed by atoms with Gasteiger partial charge in [0.05, 0.1) is 17.0 Å². The van der Waals surface area contributed by atoms with Gasteiger partial charge in [-0.15, -0.1) is 0 Å². The van der Waals surface area contributed by atoms with E-state index in [1.54, 1.807) is 18.2 Å². The minimum Gasteiger partial charge on any atom is -0.506 e. The molecular formula is C11H13ClN2O. The molecule has 15 heavy (non-hydrogen) atoms. The minimum atomic E-state index is -0.00223. The van der Waals surface area contributed by atoms with Gasteiger partial charge < -0.3 is 10.4 Å². The van der Waals surface area contributed by atoms with Gasteiger partial charge in [0.2, 0.25) is 0 Å². The van der Waals surface area contributed by atoms with E-state index >= 15 is 0 Å². The Hall–Kier alpha value is -1.24. The number of rotatable bonds is 4. The predicted molar refractivity (Wildman–Crippen MR) is 59.6 cm³/mol. The molecule has 0 spiro atoms. The third-order valence-corrected chi connectivity index (χ3v) is 2.31. The highest BCUT2D eigenvalue weighted by Gasteiger charge is 2.01. The molecular weight excluding hydrogens is 212 g/mol. The van der Waals surface area contributed by atoms with E-state index in [2.05, 4.69) is 11.4 Å². The number of nitrogens with one attached hydrogen (secondary N) is 1. The van der Waals surface area contributed by atoms with Crippen LogP contribution in [0.1, 0.15) is 12.5 Å². The summed E-state index contributed by atoms with van der Waals surface area (Å²) in [7, 11) is 0. The monoisotopic (exact) mass is 224 g/mol. The molecule has 0 bridgehead atoms. The van der Waals surface area contributed by atoms with Gasteiger partial charge in [0.15, 0.2) is 0 Å². The number of phenols is 1. The highest BCUT2D eigenvalue weighted by Crippen LogP contribution is 2.23. The van der Waals surface area contributed by atoms with Gasteiger partial charge >= 0.3 is 0 Å². The van der Waals surface area contributed by atoms with Crippen LogP contribution in [0.3, 0.4) is 0 Å². The largest absolute Gasteiger partial charge is 0.506 e. The second-order valence-electron chi connectivity index (χ2n) is 3.45. The molecule has 2 N–H and O–H groups in total. The fraction of sp³-hybridized carbons (Fsp3) is 0.364. The molecule has 1 atom stereocenters. The van der Waals surface area contributed by atoms with E-state index in [4.69, 9.17) is 16.9 Å². The molecule has 1 aromatic rings. The summed E-state index contributed by atoms with van der Waals surface area (Å²) >= 11 is 5.75. The topological polar surface area (TPSA) is 56.0 Å². The van der Waals surface area contributed by atoms with Crippen LogP contribution in [0.5, 0.6) is 5.75 Å². The Morgan fingerprint density at radius 3 is 2.93 bits per heavy atom. The number of nitrogens with zero attached hydrogens (tertiary/aromatic N) is 1. The first-order chi connectivity index (χ1) is 7.13. The van der Waals surface area contributed by atoms with Crippen molar-refractivity contribution < 1.29 is 5.11 Å². The summed E-state index contributed by atoms with van der Waals surface area (Å²) in [6.07, 6.45) is 0. The number of hydrogen-bond donors (Lipinski definition) is 2. The third-order valence-electron chi connectivity index (χ3n) is 2.01. The summed E-state index contributed by atoms with van der Waals surface area (Å²) in [5, 5.41) is 21.3. The average Bonchev–Trinajstić information content (AvgIpc) is 2.23. The molecule has 0 saturated carbocycles. The number of halogens is 1. The van der Waals surface area contributed by atoms with Gasteiger partial charge in [-0.2, -0.15) is 5.26 Å². The van der Waals surface area contributed by atoms with Gasteiger partial charge in [-0.05, 0) is 24.6 Å². The fourth-order valence-electron chi connectivity index (χ4n) is 1.14. The van der Waals surface area contributed by atoms with Crippen LogP contribution >= 0.6 is 11.6 Å². The highest BCUT2D eigenvalue weighted by atomic mass is 35.5. The summed E-state index contributed by atoms with van der Waals surface area (Å²) < 4.78 is 0. The predicted octanol–water partition coefficient (Wildman–Crippen LogP) is 2.29. The first kappa shape index (κ1) is 11.8. The molecule has 1 rings (SSSR count). The van der Waals surface area contributed by atoms with Crippen molar-refractivity contribution in [2.45, 2.75) is 13.5 Å². The van der Waals surface area contributed by atoms with Gasteiger partial charge in [0.1, 0.15) is 5.75 Å². The summed E-state index contributed by atoms with van der Waals surface area (Å²) in [5.41, 5.74) is 0.989. The molecule has 0 aromatic heterocycles. The first-order valence-electron chi connectivity index (χ1n) is 4.71. The van der Waals surface area contributed by atoms with E-state index in [0.717, 1.165) is 5.56 Å². The molecule has 4 heteroatoms. The van der Waals surface area contributed by atoms with Crippen LogP contribution in [-0.2, 0) is 6.54 Å². The van der Waals surface area contributed by atoms with Crippen molar-refractivity contribution in [1.82, 2.24) is 5.32 Å². The Kier molecular flexibility index (Phi) is 4.41. The summed E-state index contributed by atoms with van der Waals surface area (Å²) in [6.45, 7) is 3.15. The number of aromatic hydroxyl groups is 1. The van der Waals surface area contributed by atoms with Gasteiger partial charge in [-0.25, -0.2) is 0 Å². The van der Waals surface area contributed by atoms with Crippen molar-refractivity contribution in [3.05, 3.63) is 28.8 Å². The Morgan fingerprint density at radius 2 is 2.33 bits per heavy atom. The zero-order chi connectivity index (χ0) is 11.3. The van der Waals surface area contributed by atoms with E-state index in [0.29, 0.717) is 18.1 Å². The standard InChI is InChI=1S/C11H13ClN2O/c1-8(5-13)6-14-7-9-2-3-11(15)10(12)4-9/h2-4,8,14-15H,6-7H2,1H3. The van der Waals surface area contributed by atoms with E-state index in [-0.39, 0.29) is 11.7 Å². The third kappa shape index (κ3) is 3.78. The molecule has 80 valence electrons. The zero-order valence-corrected chi connectivity index (χ0v) is 9.25. The van der Waals surface area contributed by atoms with Crippen LogP contribution in [0.2, 0.25) is 5.02 Å². The molecule has 0 aliphatic carbocycles. The number of phenolic OH excluding ortho intramolecular Hbond substituents is 1. The Balaban J connectivity index is 2.45. The van der Waals surface area contributed by atoms with Crippen molar-refractivity contribution in [2.75, 3.05) is 6.54 Å². The van der Waals surface area contributed by atoms with Crippen LogP contribution < -0.4 is 5.32 Å². The lowest BCUT2D eigenvalue weighted by Crippen LogP contribution is -2.19. The molecule has 0 fully saturated rings. The molecule has 0 aliphatic rings. The van der Waals surface area contributed by atoms with E-state index in [9.17, 15) is 5.11 Å². The Bertz CT molecular complexity index is 373. The molecule has 1 unspecified atom stereocenters. The van der Waals surface area contributed by atoms with Crippen molar-refractivity contribution in [1.29, 1.82) is 5.26 Å². The normalized spacial score (nSPS) is 12.1. The second-order valence-corrected chi connectivity index (χ2v) is 3.85. The highest BCUT2D eigenvalue weighted by molar-refractivity contribution is 6.32. The van der Waals surface area contributed by atoms with Crippen molar-refractivity contribution in [3.63, 3.8) is 0 Å². The SMILES string of the molecule is CC(C#N)CNCc1ccc(O)c(Cl)c1. The van der Waals surface area contributed by atoms with Crippen LogP contribution in [-0.4, -0.2) is 11.7 Å². The lowest BCUT2D eigenvalue weighted by atomic mass is 10.2. The molecule has 0 saturated heterocycles. The maximum absolute atomic E-state index is 9.20. The van der Waals surface area contributed by atoms with Crippen molar-refractivity contribution >= 4 is 11.6 Å². The first-order valence-corrected chi connectivity index (χ1v) is 5.09. The van der Waals surface area contributed by atoms with Crippen molar-refractivity contribution in [3.8, 4) is 11.8 Å². The average molecular weight is 225 g/mol. The van der Waals surface area contributed by atoms with Crippen LogP contribution in [0.4, 0.5) is 0 Å². The molecule has 3 nitrogen and oxygen atoms in total. The van der Waals surface area contributed by atoms with Crippen LogP contribution in [0.25, 0.3) is 0 Å². The zero-order valence-electron chi connectivity index (χ0n) is 8.50. The van der Waals surface area contributed by atoms with E-state index < -0.39 is 0 Å². The maximum Gasteiger partial charge on any atom is 0.134 e.